The Kier molecular flexibility index (Phi) is 2.59. The molecule has 1 aliphatic carbocycles. The molecule has 1 heterocycles. The molecule has 0 bridgehead atoms. The van der Waals surface area contributed by atoms with Crippen LogP contribution in [0.3, 0.4) is 0 Å². The molecule has 1 unspecified atom stereocenters. The van der Waals surface area contributed by atoms with E-state index in [2.05, 4.69) is 16.0 Å². The van der Waals surface area contributed by atoms with E-state index in [-0.39, 0.29) is 0 Å². The van der Waals surface area contributed by atoms with E-state index in [1.807, 2.05) is 12.3 Å². The summed E-state index contributed by atoms with van der Waals surface area (Å²) >= 11 is 0. The van der Waals surface area contributed by atoms with E-state index in [9.17, 15) is 5.11 Å². The first-order chi connectivity index (χ1) is 8.34. The highest BCUT2D eigenvalue weighted by atomic mass is 16.3. The Balaban J connectivity index is 1.92. The van der Waals surface area contributed by atoms with Crippen LogP contribution in [-0.4, -0.2) is 15.1 Å². The first-order valence-corrected chi connectivity index (χ1v) is 6.12. The lowest BCUT2D eigenvalue weighted by molar-refractivity contribution is 0.453. The molecule has 88 valence electrons. The lowest BCUT2D eigenvalue weighted by atomic mass is 9.80. The molecule has 0 saturated carbocycles. The maximum absolute atomic E-state index is 9.88. The molecule has 0 fully saturated rings. The molecule has 0 saturated heterocycles. The molecule has 0 radical (unpaired) electrons. The SMILES string of the molecule is Oc1cccc2c1CCCC2Cc1cnc[nH]1. The molecule has 1 aromatic carbocycles. The van der Waals surface area contributed by atoms with Crippen molar-refractivity contribution in [1.29, 1.82) is 0 Å². The van der Waals surface area contributed by atoms with Gasteiger partial charge in [-0.1, -0.05) is 12.1 Å². The summed E-state index contributed by atoms with van der Waals surface area (Å²) in [5, 5.41) is 9.88. The molecule has 3 rings (SSSR count). The smallest absolute Gasteiger partial charge is 0.119 e. The molecule has 2 N–H and O–H groups in total. The van der Waals surface area contributed by atoms with Crippen LogP contribution >= 0.6 is 0 Å². The van der Waals surface area contributed by atoms with E-state index in [1.54, 1.807) is 12.4 Å². The van der Waals surface area contributed by atoms with Crippen LogP contribution in [0.5, 0.6) is 5.75 Å². The van der Waals surface area contributed by atoms with Crippen molar-refractivity contribution < 1.29 is 5.11 Å². The zero-order valence-corrected chi connectivity index (χ0v) is 9.69. The topological polar surface area (TPSA) is 48.9 Å². The second-order valence-electron chi connectivity index (χ2n) is 4.72. The summed E-state index contributed by atoms with van der Waals surface area (Å²) in [4.78, 5) is 7.21. The Hall–Kier alpha value is -1.77. The minimum absolute atomic E-state index is 0.455. The van der Waals surface area contributed by atoms with E-state index >= 15 is 0 Å². The van der Waals surface area contributed by atoms with Crippen LogP contribution in [0.1, 0.15) is 35.6 Å². The van der Waals surface area contributed by atoms with Crippen LogP contribution in [0.2, 0.25) is 0 Å². The zero-order valence-electron chi connectivity index (χ0n) is 9.69. The van der Waals surface area contributed by atoms with Gasteiger partial charge >= 0.3 is 0 Å². The Morgan fingerprint density at radius 2 is 2.35 bits per heavy atom. The molecule has 0 aliphatic heterocycles. The van der Waals surface area contributed by atoms with Crippen molar-refractivity contribution in [3.05, 3.63) is 47.5 Å². The predicted molar refractivity (Wildman–Crippen MR) is 66.1 cm³/mol. The number of imidazole rings is 1. The van der Waals surface area contributed by atoms with Gasteiger partial charge in [0.25, 0.3) is 0 Å². The van der Waals surface area contributed by atoms with E-state index in [0.29, 0.717) is 11.7 Å². The van der Waals surface area contributed by atoms with Crippen LogP contribution in [0.4, 0.5) is 0 Å². The molecule has 1 aliphatic rings. The summed E-state index contributed by atoms with van der Waals surface area (Å²) in [6.07, 6.45) is 7.94. The van der Waals surface area contributed by atoms with Gasteiger partial charge in [0.05, 0.1) is 6.33 Å². The normalized spacial score (nSPS) is 18.9. The minimum atomic E-state index is 0.455. The monoisotopic (exact) mass is 228 g/mol. The number of aromatic amines is 1. The number of aromatic hydroxyl groups is 1. The Labute approximate surface area is 101 Å². The Morgan fingerprint density at radius 1 is 1.41 bits per heavy atom. The van der Waals surface area contributed by atoms with E-state index in [0.717, 1.165) is 24.8 Å². The lowest BCUT2D eigenvalue weighted by Crippen LogP contribution is -2.12. The molecule has 3 heteroatoms. The van der Waals surface area contributed by atoms with Gasteiger partial charge in [0.2, 0.25) is 0 Å². The van der Waals surface area contributed by atoms with E-state index in [4.69, 9.17) is 0 Å². The average Bonchev–Trinajstić information content (AvgIpc) is 2.83. The fraction of sp³-hybridized carbons (Fsp3) is 0.357. The van der Waals surface area contributed by atoms with Crippen molar-refractivity contribution in [2.24, 2.45) is 0 Å². The molecular formula is C14H16N2O. The number of hydrogen-bond donors (Lipinski definition) is 2. The summed E-state index contributed by atoms with van der Waals surface area (Å²) in [6.45, 7) is 0. The number of nitrogens with one attached hydrogen (secondary N) is 1. The first kappa shape index (κ1) is 10.4. The molecule has 1 aromatic heterocycles. The molecular weight excluding hydrogens is 212 g/mol. The third-order valence-corrected chi connectivity index (χ3v) is 3.63. The molecule has 3 nitrogen and oxygen atoms in total. The number of fused-ring (bicyclic) bond motifs is 1. The predicted octanol–water partition coefficient (Wildman–Crippen LogP) is 2.78. The highest BCUT2D eigenvalue weighted by molar-refractivity contribution is 5.43. The molecule has 0 spiro atoms. The van der Waals surface area contributed by atoms with Gasteiger partial charge in [-0.15, -0.1) is 0 Å². The summed E-state index contributed by atoms with van der Waals surface area (Å²) in [5.41, 5.74) is 3.63. The first-order valence-electron chi connectivity index (χ1n) is 6.12. The highest BCUT2D eigenvalue weighted by Crippen LogP contribution is 2.37. The number of rotatable bonds is 2. The van der Waals surface area contributed by atoms with Crippen LogP contribution in [0.15, 0.2) is 30.7 Å². The maximum atomic E-state index is 9.88. The van der Waals surface area contributed by atoms with Crippen molar-refractivity contribution in [1.82, 2.24) is 9.97 Å². The molecule has 0 amide bonds. The molecule has 1 atom stereocenters. The van der Waals surface area contributed by atoms with Crippen molar-refractivity contribution in [3.8, 4) is 5.75 Å². The van der Waals surface area contributed by atoms with Crippen LogP contribution in [-0.2, 0) is 12.8 Å². The van der Waals surface area contributed by atoms with Crippen molar-refractivity contribution in [2.45, 2.75) is 31.6 Å². The van der Waals surface area contributed by atoms with Gasteiger partial charge in [0.1, 0.15) is 5.75 Å². The Bertz CT molecular complexity index is 505. The largest absolute Gasteiger partial charge is 0.508 e. The number of benzene rings is 1. The Morgan fingerprint density at radius 3 is 3.18 bits per heavy atom. The molecule has 17 heavy (non-hydrogen) atoms. The average molecular weight is 228 g/mol. The number of H-pyrrole nitrogens is 1. The van der Waals surface area contributed by atoms with Gasteiger partial charge < -0.3 is 10.1 Å². The molecule has 2 aromatic rings. The number of hydrogen-bond acceptors (Lipinski definition) is 2. The van der Waals surface area contributed by atoms with Crippen molar-refractivity contribution in [3.63, 3.8) is 0 Å². The van der Waals surface area contributed by atoms with Crippen LogP contribution < -0.4 is 0 Å². The number of phenolic OH excluding ortho intramolecular Hbond substituents is 1. The van der Waals surface area contributed by atoms with E-state index < -0.39 is 0 Å². The zero-order chi connectivity index (χ0) is 11.7. The summed E-state index contributed by atoms with van der Waals surface area (Å²) < 4.78 is 0. The van der Waals surface area contributed by atoms with Crippen LogP contribution in [0.25, 0.3) is 0 Å². The van der Waals surface area contributed by atoms with Crippen molar-refractivity contribution in [2.75, 3.05) is 0 Å². The number of phenols is 1. The summed E-state index contributed by atoms with van der Waals surface area (Å²) in [6, 6.07) is 5.88. The van der Waals surface area contributed by atoms with E-state index in [1.165, 1.54) is 17.7 Å². The van der Waals surface area contributed by atoms with Gasteiger partial charge in [-0.05, 0) is 48.8 Å². The van der Waals surface area contributed by atoms with Gasteiger partial charge in [-0.2, -0.15) is 0 Å². The van der Waals surface area contributed by atoms with Crippen molar-refractivity contribution >= 4 is 0 Å². The number of nitrogens with zero attached hydrogens (tertiary/aromatic N) is 1. The fourth-order valence-electron chi connectivity index (χ4n) is 2.80. The lowest BCUT2D eigenvalue weighted by Gasteiger charge is -2.25. The third-order valence-electron chi connectivity index (χ3n) is 3.63. The van der Waals surface area contributed by atoms with Crippen LogP contribution in [0, 0.1) is 0 Å². The minimum Gasteiger partial charge on any atom is -0.508 e. The maximum Gasteiger partial charge on any atom is 0.119 e. The fourth-order valence-corrected chi connectivity index (χ4v) is 2.80. The standard InChI is InChI=1S/C14H16N2O/c17-14-6-2-4-12-10(3-1-5-13(12)14)7-11-8-15-9-16-11/h2,4,6,8-10,17H,1,3,5,7H2,(H,15,16). The second-order valence-corrected chi connectivity index (χ2v) is 4.72. The third kappa shape index (κ3) is 1.93. The van der Waals surface area contributed by atoms with Gasteiger partial charge in [-0.25, -0.2) is 4.98 Å². The second kappa shape index (κ2) is 4.24. The van der Waals surface area contributed by atoms with Gasteiger partial charge in [-0.3, -0.25) is 0 Å². The van der Waals surface area contributed by atoms with Gasteiger partial charge in [0, 0.05) is 11.9 Å². The quantitative estimate of drug-likeness (QED) is 0.830. The number of aromatic nitrogens is 2. The summed E-state index contributed by atoms with van der Waals surface area (Å²) in [5.74, 6) is 0.961. The van der Waals surface area contributed by atoms with Gasteiger partial charge in [0.15, 0.2) is 0 Å². The summed E-state index contributed by atoms with van der Waals surface area (Å²) in [7, 11) is 0. The highest BCUT2D eigenvalue weighted by Gasteiger charge is 2.22.